The van der Waals surface area contributed by atoms with Gasteiger partial charge in [0.25, 0.3) is 0 Å². The maximum Gasteiger partial charge on any atom is 0.219 e. The molecule has 0 saturated carbocycles. The molecule has 1 amide bonds. The lowest BCUT2D eigenvalue weighted by atomic mass is 9.85. The minimum atomic E-state index is 0.140. The van der Waals surface area contributed by atoms with Crippen molar-refractivity contribution in [2.75, 3.05) is 26.4 Å². The lowest BCUT2D eigenvalue weighted by molar-refractivity contribution is -0.121. The van der Waals surface area contributed by atoms with Crippen LogP contribution < -0.4 is 5.32 Å². The van der Waals surface area contributed by atoms with Gasteiger partial charge in [-0.15, -0.1) is 0 Å². The number of para-hydroxylation sites is 1. The van der Waals surface area contributed by atoms with Gasteiger partial charge >= 0.3 is 0 Å². The van der Waals surface area contributed by atoms with Crippen molar-refractivity contribution in [1.29, 1.82) is 0 Å². The Balaban J connectivity index is 0.000000223. The van der Waals surface area contributed by atoms with Gasteiger partial charge in [0.1, 0.15) is 0 Å². The van der Waals surface area contributed by atoms with Gasteiger partial charge in [0.05, 0.1) is 13.2 Å². The number of carbonyl (C=O) groups is 1. The standard InChI is InChI=1S/C11H13N.C10H18O2.C9H18O.C8H17NO.C6H9N/c1-8(2)11-7-9-5-3-4-6-10(9)12-11;1-7(2)5-8-6-12-10-9(8)3-4-11-10;1-7(2)8(3)9-4-5-10-6-9;1-5-8(10)9-7(4)6(2)3;1-5-3-6(2)7-4-5/h3-8,12H,1-2H3;7-10H,3-6H2,1-2H3;7-9H,4-6H2,1-3H3;6-7H,5H2,1-4H3,(H,9,10);4H,3H2,1-2H3. The number of ether oxygens (including phenoxy) is 3. The average Bonchev–Trinajstić information content (AvgIpc) is 3.92. The van der Waals surface area contributed by atoms with Crippen molar-refractivity contribution >= 4 is 22.5 Å². The van der Waals surface area contributed by atoms with E-state index in [9.17, 15) is 4.79 Å². The Hall–Kier alpha value is -2.48. The van der Waals surface area contributed by atoms with Crippen molar-refractivity contribution in [3.63, 3.8) is 0 Å². The molecule has 290 valence electrons. The number of nitrogens with zero attached hydrogens (tertiary/aromatic N) is 1. The van der Waals surface area contributed by atoms with Gasteiger partial charge in [-0.1, -0.05) is 87.4 Å². The predicted octanol–water partition coefficient (Wildman–Crippen LogP) is 11.0. The number of fused-ring (bicyclic) bond motifs is 2. The summed E-state index contributed by atoms with van der Waals surface area (Å²) in [5, 5.41) is 4.20. The number of rotatable bonds is 8. The van der Waals surface area contributed by atoms with E-state index in [2.05, 4.69) is 115 Å². The normalized spacial score (nSPS) is 23.2. The molecule has 51 heavy (non-hydrogen) atoms. The van der Waals surface area contributed by atoms with Crippen LogP contribution in [0, 0.1) is 41.4 Å². The average molecular weight is 710 g/mol. The Morgan fingerprint density at radius 1 is 0.922 bits per heavy atom. The van der Waals surface area contributed by atoms with Crippen molar-refractivity contribution in [3.05, 3.63) is 47.8 Å². The first kappa shape index (κ1) is 44.7. The molecule has 2 N–H and O–H groups in total. The lowest BCUT2D eigenvalue weighted by Gasteiger charge is -2.20. The van der Waals surface area contributed by atoms with Crippen LogP contribution >= 0.6 is 0 Å². The van der Waals surface area contributed by atoms with Gasteiger partial charge in [0, 0.05) is 61.1 Å². The van der Waals surface area contributed by atoms with Crippen molar-refractivity contribution in [3.8, 4) is 0 Å². The maximum atomic E-state index is 10.8. The number of nitrogens with one attached hydrogen (secondary N) is 2. The summed E-state index contributed by atoms with van der Waals surface area (Å²) in [5.41, 5.74) is 5.16. The van der Waals surface area contributed by atoms with Crippen LogP contribution in [-0.4, -0.2) is 55.4 Å². The van der Waals surface area contributed by atoms with Crippen molar-refractivity contribution in [2.45, 2.75) is 140 Å². The minimum Gasteiger partial charge on any atom is -0.381 e. The van der Waals surface area contributed by atoms with Gasteiger partial charge in [0.2, 0.25) is 5.91 Å². The van der Waals surface area contributed by atoms with Crippen LogP contribution in [0.5, 0.6) is 0 Å². The lowest BCUT2D eigenvalue weighted by Crippen LogP contribution is -2.35. The highest BCUT2D eigenvalue weighted by Crippen LogP contribution is 2.38. The summed E-state index contributed by atoms with van der Waals surface area (Å²) in [4.78, 5) is 18.3. The number of H-pyrrole nitrogens is 1. The highest BCUT2D eigenvalue weighted by Gasteiger charge is 2.41. The van der Waals surface area contributed by atoms with Gasteiger partial charge in [-0.2, -0.15) is 0 Å². The second-order valence-electron chi connectivity index (χ2n) is 16.6. The van der Waals surface area contributed by atoms with Crippen LogP contribution in [0.1, 0.15) is 134 Å². The molecule has 4 aliphatic heterocycles. The fourth-order valence-corrected chi connectivity index (χ4v) is 6.56. The molecule has 0 spiro atoms. The molecule has 7 nitrogen and oxygen atoms in total. The number of aromatic amines is 1. The number of carbonyl (C=O) groups excluding carboxylic acids is 1. The molecule has 3 fully saturated rings. The van der Waals surface area contributed by atoms with Crippen molar-refractivity contribution in [2.24, 2.45) is 46.4 Å². The Morgan fingerprint density at radius 3 is 2.12 bits per heavy atom. The molecule has 3 saturated heterocycles. The Kier molecular flexibility index (Phi) is 20.4. The zero-order valence-electron chi connectivity index (χ0n) is 34.7. The number of aliphatic imine (C=N–C) groups is 1. The van der Waals surface area contributed by atoms with E-state index in [0.29, 0.717) is 30.2 Å². The summed E-state index contributed by atoms with van der Waals surface area (Å²) >= 11 is 0. The fraction of sp³-hybridized carbons (Fsp3) is 0.727. The summed E-state index contributed by atoms with van der Waals surface area (Å²) in [5.74, 6) is 5.98. The molecule has 1 aromatic carbocycles. The second-order valence-corrected chi connectivity index (χ2v) is 16.6. The third-order valence-corrected chi connectivity index (χ3v) is 10.6. The second kappa shape index (κ2) is 23.2. The maximum absolute atomic E-state index is 10.8. The molecule has 5 heterocycles. The van der Waals surface area contributed by atoms with Gasteiger partial charge in [-0.05, 0) is 105 Å². The first-order valence-electron chi connectivity index (χ1n) is 20.0. The summed E-state index contributed by atoms with van der Waals surface area (Å²) in [6.07, 6.45) is 7.52. The zero-order chi connectivity index (χ0) is 38.1. The molecule has 6 unspecified atom stereocenters. The SMILES string of the molecule is CC(C)C(C)C1CCOC1.CC(C)CC1COC2OCCC12.CC(C)c1cc2ccccc2[nH]1.CC1=CN=C(C)C1.CCC(=O)NC(C)C(C)C. The molecule has 2 aromatic rings. The van der Waals surface area contributed by atoms with Gasteiger partial charge in [0.15, 0.2) is 6.29 Å². The van der Waals surface area contributed by atoms with Crippen LogP contribution in [0.3, 0.4) is 0 Å². The van der Waals surface area contributed by atoms with E-state index < -0.39 is 0 Å². The Bertz CT molecular complexity index is 1270. The van der Waals surface area contributed by atoms with Crippen LogP contribution in [0.4, 0.5) is 0 Å². The summed E-state index contributed by atoms with van der Waals surface area (Å²) in [6, 6.07) is 10.9. The highest BCUT2D eigenvalue weighted by atomic mass is 16.7. The number of hydrogen-bond donors (Lipinski definition) is 2. The Labute approximate surface area is 312 Å². The first-order valence-corrected chi connectivity index (χ1v) is 20.0. The molecule has 6 rings (SSSR count). The first-order chi connectivity index (χ1) is 24.1. The molecule has 0 radical (unpaired) electrons. The summed E-state index contributed by atoms with van der Waals surface area (Å²) in [6.45, 7) is 31.9. The molecule has 4 aliphatic rings. The highest BCUT2D eigenvalue weighted by molar-refractivity contribution is 5.86. The van der Waals surface area contributed by atoms with Crippen molar-refractivity contribution in [1.82, 2.24) is 10.3 Å². The van der Waals surface area contributed by atoms with Crippen LogP contribution in [0.15, 0.2) is 47.1 Å². The molecular formula is C44H75N3O4. The Morgan fingerprint density at radius 2 is 1.63 bits per heavy atom. The summed E-state index contributed by atoms with van der Waals surface area (Å²) < 4.78 is 16.4. The number of allylic oxidation sites excluding steroid dienone is 1. The number of amides is 1. The van der Waals surface area contributed by atoms with E-state index >= 15 is 0 Å². The van der Waals surface area contributed by atoms with Crippen LogP contribution in [0.25, 0.3) is 10.9 Å². The molecule has 7 heteroatoms. The minimum absolute atomic E-state index is 0.140. The van der Waals surface area contributed by atoms with Gasteiger partial charge < -0.3 is 24.5 Å². The van der Waals surface area contributed by atoms with Crippen LogP contribution in [0.2, 0.25) is 0 Å². The smallest absolute Gasteiger partial charge is 0.219 e. The van der Waals surface area contributed by atoms with E-state index in [-0.39, 0.29) is 12.2 Å². The molecule has 1 aromatic heterocycles. The van der Waals surface area contributed by atoms with Gasteiger partial charge in [-0.3, -0.25) is 9.79 Å². The fourth-order valence-electron chi connectivity index (χ4n) is 6.56. The number of benzene rings is 1. The van der Waals surface area contributed by atoms with E-state index in [1.54, 1.807) is 0 Å². The monoisotopic (exact) mass is 710 g/mol. The van der Waals surface area contributed by atoms with Crippen LogP contribution in [-0.2, 0) is 19.0 Å². The van der Waals surface area contributed by atoms with E-state index in [0.717, 1.165) is 62.4 Å². The quantitative estimate of drug-likeness (QED) is 0.286. The number of aromatic nitrogens is 1. The van der Waals surface area contributed by atoms with E-state index in [1.165, 1.54) is 47.1 Å². The molecule has 6 atom stereocenters. The molecule has 0 aliphatic carbocycles. The predicted molar refractivity (Wildman–Crippen MR) is 216 cm³/mol. The summed E-state index contributed by atoms with van der Waals surface area (Å²) in [7, 11) is 0. The largest absolute Gasteiger partial charge is 0.381 e. The molecule has 0 bridgehead atoms. The zero-order valence-corrected chi connectivity index (χ0v) is 34.7. The van der Waals surface area contributed by atoms with Gasteiger partial charge in [-0.25, -0.2) is 0 Å². The molecular weight excluding hydrogens is 635 g/mol. The van der Waals surface area contributed by atoms with E-state index in [1.807, 2.05) is 27.0 Å². The third kappa shape index (κ3) is 16.4. The third-order valence-electron chi connectivity index (χ3n) is 10.6. The number of hydrogen-bond acceptors (Lipinski definition) is 5. The van der Waals surface area contributed by atoms with E-state index in [4.69, 9.17) is 14.2 Å². The van der Waals surface area contributed by atoms with Crippen molar-refractivity contribution < 1.29 is 19.0 Å². The topological polar surface area (TPSA) is 84.9 Å².